The van der Waals surface area contributed by atoms with Crippen LogP contribution in [0.4, 0.5) is 0 Å². The zero-order chi connectivity index (χ0) is 9.10. The second kappa shape index (κ2) is 3.92. The molecule has 2 N–H and O–H groups in total. The maximum absolute atomic E-state index is 3.97. The lowest BCUT2D eigenvalue weighted by Gasteiger charge is -2.28. The lowest BCUT2D eigenvalue weighted by atomic mass is 9.91. The molecular formula is C10H17N3. The molecule has 13 heavy (non-hydrogen) atoms. The number of aromatic nitrogens is 2. The molecule has 3 heteroatoms. The van der Waals surface area contributed by atoms with Crippen LogP contribution >= 0.6 is 0 Å². The van der Waals surface area contributed by atoms with Gasteiger partial charge in [-0.15, -0.1) is 0 Å². The molecular weight excluding hydrogens is 162 g/mol. The first kappa shape index (κ1) is 8.75. The minimum Gasteiger partial charge on any atom is -0.310 e. The van der Waals surface area contributed by atoms with E-state index in [1.165, 1.54) is 24.8 Å². The van der Waals surface area contributed by atoms with Gasteiger partial charge in [0, 0.05) is 17.8 Å². The number of H-pyrrole nitrogens is 1. The maximum atomic E-state index is 3.97. The molecule has 0 saturated carbocycles. The zero-order valence-corrected chi connectivity index (χ0v) is 8.09. The van der Waals surface area contributed by atoms with Gasteiger partial charge in [0.1, 0.15) is 0 Å². The summed E-state index contributed by atoms with van der Waals surface area (Å²) in [5, 5.41) is 10.4. The molecule has 0 spiro atoms. The number of nitrogens with one attached hydrogen (secondary N) is 2. The maximum Gasteiger partial charge on any atom is 0.0535 e. The van der Waals surface area contributed by atoms with Gasteiger partial charge in [0.05, 0.1) is 6.20 Å². The van der Waals surface area contributed by atoms with Crippen LogP contribution in [0.5, 0.6) is 0 Å². The molecule has 0 aliphatic carbocycles. The number of nitrogens with zero attached hydrogens (tertiary/aromatic N) is 1. The van der Waals surface area contributed by atoms with Crippen molar-refractivity contribution in [2.24, 2.45) is 5.92 Å². The van der Waals surface area contributed by atoms with Crippen LogP contribution in [0.25, 0.3) is 0 Å². The van der Waals surface area contributed by atoms with E-state index < -0.39 is 0 Å². The fourth-order valence-electron chi connectivity index (χ4n) is 2.00. The standard InChI is InChI=1S/C10H17N3/c1-2-8-3-4-10(11-5-8)9-6-12-13-7-9/h6-8,10-11H,2-5H2,1H3,(H,12,13)/t8-,10+/m0/s1. The van der Waals surface area contributed by atoms with Crippen molar-refractivity contribution in [1.82, 2.24) is 15.5 Å². The van der Waals surface area contributed by atoms with Gasteiger partial charge in [0.25, 0.3) is 0 Å². The van der Waals surface area contributed by atoms with Crippen LogP contribution in [0, 0.1) is 5.92 Å². The second-order valence-corrected chi connectivity index (χ2v) is 3.84. The zero-order valence-electron chi connectivity index (χ0n) is 8.09. The van der Waals surface area contributed by atoms with E-state index in [9.17, 15) is 0 Å². The molecule has 2 rings (SSSR count). The van der Waals surface area contributed by atoms with Crippen LogP contribution < -0.4 is 5.32 Å². The Bertz CT molecular complexity index is 235. The van der Waals surface area contributed by atoms with Gasteiger partial charge < -0.3 is 5.32 Å². The Morgan fingerprint density at radius 3 is 3.00 bits per heavy atom. The van der Waals surface area contributed by atoms with Crippen LogP contribution in [0.15, 0.2) is 12.4 Å². The predicted molar refractivity (Wildman–Crippen MR) is 52.3 cm³/mol. The smallest absolute Gasteiger partial charge is 0.0535 e. The van der Waals surface area contributed by atoms with Gasteiger partial charge in [0.2, 0.25) is 0 Å². The third-order valence-corrected chi connectivity index (χ3v) is 3.02. The highest BCUT2D eigenvalue weighted by Crippen LogP contribution is 2.26. The van der Waals surface area contributed by atoms with Crippen LogP contribution in [-0.2, 0) is 0 Å². The number of hydrogen-bond donors (Lipinski definition) is 2. The Balaban J connectivity index is 1.92. The molecule has 0 amide bonds. The predicted octanol–water partition coefficient (Wildman–Crippen LogP) is 1.86. The van der Waals surface area contributed by atoms with E-state index in [0.717, 1.165) is 12.5 Å². The Labute approximate surface area is 78.9 Å². The minimum atomic E-state index is 0.529. The first-order chi connectivity index (χ1) is 6.40. The van der Waals surface area contributed by atoms with E-state index in [0.29, 0.717) is 6.04 Å². The first-order valence-corrected chi connectivity index (χ1v) is 5.12. The van der Waals surface area contributed by atoms with E-state index >= 15 is 0 Å². The molecule has 0 aromatic carbocycles. The number of piperidine rings is 1. The Kier molecular flexibility index (Phi) is 2.64. The minimum absolute atomic E-state index is 0.529. The summed E-state index contributed by atoms with van der Waals surface area (Å²) < 4.78 is 0. The SMILES string of the molecule is CC[C@H]1CC[C@H](c2cn[nH]c2)NC1. The molecule has 1 aliphatic heterocycles. The normalized spacial score (nSPS) is 29.0. The molecule has 1 aromatic rings. The highest BCUT2D eigenvalue weighted by molar-refractivity contribution is 5.10. The summed E-state index contributed by atoms with van der Waals surface area (Å²) in [6.45, 7) is 3.43. The van der Waals surface area contributed by atoms with Gasteiger partial charge in [-0.05, 0) is 25.3 Å². The molecule has 0 radical (unpaired) electrons. The molecule has 2 heterocycles. The fourth-order valence-corrected chi connectivity index (χ4v) is 2.00. The van der Waals surface area contributed by atoms with E-state index in [1.54, 1.807) is 0 Å². The number of hydrogen-bond acceptors (Lipinski definition) is 2. The molecule has 1 saturated heterocycles. The molecule has 0 unspecified atom stereocenters. The van der Waals surface area contributed by atoms with E-state index in [2.05, 4.69) is 22.4 Å². The van der Waals surface area contributed by atoms with E-state index in [-0.39, 0.29) is 0 Å². The van der Waals surface area contributed by atoms with Gasteiger partial charge in [-0.2, -0.15) is 5.10 Å². The van der Waals surface area contributed by atoms with Gasteiger partial charge in [-0.3, -0.25) is 5.10 Å². The van der Waals surface area contributed by atoms with Crippen LogP contribution in [-0.4, -0.2) is 16.7 Å². The lowest BCUT2D eigenvalue weighted by Crippen LogP contribution is -2.32. The van der Waals surface area contributed by atoms with Crippen molar-refractivity contribution >= 4 is 0 Å². The van der Waals surface area contributed by atoms with Crippen molar-refractivity contribution in [2.75, 3.05) is 6.54 Å². The average Bonchev–Trinajstić information content (AvgIpc) is 2.71. The summed E-state index contributed by atoms with van der Waals surface area (Å²) in [5.74, 6) is 0.878. The highest BCUT2D eigenvalue weighted by Gasteiger charge is 2.20. The lowest BCUT2D eigenvalue weighted by molar-refractivity contribution is 0.308. The number of rotatable bonds is 2. The molecule has 1 aliphatic rings. The fraction of sp³-hybridized carbons (Fsp3) is 0.700. The van der Waals surface area contributed by atoms with Crippen molar-refractivity contribution in [3.05, 3.63) is 18.0 Å². The van der Waals surface area contributed by atoms with Crippen molar-refractivity contribution in [3.63, 3.8) is 0 Å². The highest BCUT2D eigenvalue weighted by atomic mass is 15.1. The molecule has 1 aromatic heterocycles. The van der Waals surface area contributed by atoms with Crippen molar-refractivity contribution < 1.29 is 0 Å². The Morgan fingerprint density at radius 2 is 2.46 bits per heavy atom. The van der Waals surface area contributed by atoms with Gasteiger partial charge in [-0.1, -0.05) is 13.3 Å². The molecule has 2 atom stereocenters. The first-order valence-electron chi connectivity index (χ1n) is 5.12. The van der Waals surface area contributed by atoms with Gasteiger partial charge >= 0.3 is 0 Å². The van der Waals surface area contributed by atoms with Crippen LogP contribution in [0.2, 0.25) is 0 Å². The molecule has 0 bridgehead atoms. The average molecular weight is 179 g/mol. The van der Waals surface area contributed by atoms with E-state index in [4.69, 9.17) is 0 Å². The third-order valence-electron chi connectivity index (χ3n) is 3.02. The van der Waals surface area contributed by atoms with E-state index in [1.807, 2.05) is 12.4 Å². The summed E-state index contributed by atoms with van der Waals surface area (Å²) in [6.07, 6.45) is 7.80. The molecule has 3 nitrogen and oxygen atoms in total. The van der Waals surface area contributed by atoms with Gasteiger partial charge in [0.15, 0.2) is 0 Å². The Hall–Kier alpha value is -0.830. The third kappa shape index (κ3) is 1.91. The van der Waals surface area contributed by atoms with Crippen molar-refractivity contribution in [2.45, 2.75) is 32.2 Å². The monoisotopic (exact) mass is 179 g/mol. The summed E-state index contributed by atoms with van der Waals surface area (Å²) in [6, 6.07) is 0.529. The topological polar surface area (TPSA) is 40.7 Å². The summed E-state index contributed by atoms with van der Waals surface area (Å²) in [5.41, 5.74) is 1.30. The summed E-state index contributed by atoms with van der Waals surface area (Å²) in [4.78, 5) is 0. The van der Waals surface area contributed by atoms with Crippen molar-refractivity contribution in [1.29, 1.82) is 0 Å². The van der Waals surface area contributed by atoms with Crippen molar-refractivity contribution in [3.8, 4) is 0 Å². The quantitative estimate of drug-likeness (QED) is 0.727. The van der Waals surface area contributed by atoms with Crippen LogP contribution in [0.3, 0.4) is 0 Å². The number of aromatic amines is 1. The largest absolute Gasteiger partial charge is 0.310 e. The molecule has 1 fully saturated rings. The molecule has 72 valence electrons. The van der Waals surface area contributed by atoms with Gasteiger partial charge in [-0.25, -0.2) is 0 Å². The summed E-state index contributed by atoms with van der Waals surface area (Å²) >= 11 is 0. The second-order valence-electron chi connectivity index (χ2n) is 3.84. The Morgan fingerprint density at radius 1 is 1.54 bits per heavy atom. The summed E-state index contributed by atoms with van der Waals surface area (Å²) in [7, 11) is 0. The van der Waals surface area contributed by atoms with Crippen LogP contribution in [0.1, 0.15) is 37.8 Å².